The van der Waals surface area contributed by atoms with Crippen molar-refractivity contribution in [2.24, 2.45) is 0 Å². The molecule has 14 heavy (non-hydrogen) atoms. The second-order valence-electron chi connectivity index (χ2n) is 3.31. The number of nitrogens with one attached hydrogen (secondary N) is 2. The molecule has 0 radical (unpaired) electrons. The maximum Gasteiger partial charge on any atom is 0.252 e. The zero-order valence-electron chi connectivity index (χ0n) is 7.82. The van der Waals surface area contributed by atoms with Crippen LogP contribution in [0, 0.1) is 0 Å². The van der Waals surface area contributed by atoms with E-state index in [1.165, 1.54) is 12.3 Å². The molecule has 0 unspecified atom stereocenters. The minimum absolute atomic E-state index is 0.130. The zero-order valence-corrected chi connectivity index (χ0v) is 7.82. The van der Waals surface area contributed by atoms with Gasteiger partial charge < -0.3 is 10.1 Å². The third kappa shape index (κ3) is 2.32. The highest BCUT2D eigenvalue weighted by Crippen LogP contribution is 2.10. The number of nitrogens with zero attached hydrogens (tertiary/aromatic N) is 1. The fraction of sp³-hybridized carbons (Fsp3) is 0.556. The number of ether oxygens (including phenoxy) is 1. The van der Waals surface area contributed by atoms with Gasteiger partial charge in [-0.05, 0) is 12.8 Å². The molecule has 76 valence electrons. The summed E-state index contributed by atoms with van der Waals surface area (Å²) in [6, 6.07) is 1.75. The third-order valence-corrected chi connectivity index (χ3v) is 2.23. The van der Waals surface area contributed by atoms with Gasteiger partial charge in [-0.15, -0.1) is 0 Å². The summed E-state index contributed by atoms with van der Waals surface area (Å²) in [4.78, 5) is 17.6. The van der Waals surface area contributed by atoms with Gasteiger partial charge in [0.1, 0.15) is 0 Å². The fourth-order valence-electron chi connectivity index (χ4n) is 1.48. The highest BCUT2D eigenvalue weighted by atomic mass is 16.5. The molecule has 0 aliphatic carbocycles. The highest BCUT2D eigenvalue weighted by Gasteiger charge is 2.13. The van der Waals surface area contributed by atoms with Crippen LogP contribution < -0.4 is 10.9 Å². The fourth-order valence-corrected chi connectivity index (χ4v) is 1.48. The van der Waals surface area contributed by atoms with Crippen LogP contribution in [0.25, 0.3) is 0 Å². The topological polar surface area (TPSA) is 67.0 Å². The van der Waals surface area contributed by atoms with E-state index in [1.54, 1.807) is 0 Å². The average Bonchev–Trinajstić information content (AvgIpc) is 2.19. The summed E-state index contributed by atoms with van der Waals surface area (Å²) in [6.45, 7) is 1.55. The molecule has 2 heterocycles. The van der Waals surface area contributed by atoms with Gasteiger partial charge in [-0.2, -0.15) is 0 Å². The molecule has 1 aromatic rings. The molecular formula is C9H13N3O2. The molecule has 0 spiro atoms. The maximum absolute atomic E-state index is 11.0. The van der Waals surface area contributed by atoms with Crippen molar-refractivity contribution in [3.8, 4) is 0 Å². The van der Waals surface area contributed by atoms with Gasteiger partial charge >= 0.3 is 0 Å². The lowest BCUT2D eigenvalue weighted by atomic mass is 10.1. The largest absolute Gasteiger partial charge is 0.381 e. The van der Waals surface area contributed by atoms with Crippen molar-refractivity contribution in [1.29, 1.82) is 0 Å². The van der Waals surface area contributed by atoms with Crippen LogP contribution in [0.1, 0.15) is 12.8 Å². The molecule has 0 amide bonds. The van der Waals surface area contributed by atoms with Gasteiger partial charge in [0.15, 0.2) is 0 Å². The van der Waals surface area contributed by atoms with Crippen LogP contribution in [0.15, 0.2) is 17.1 Å². The van der Waals surface area contributed by atoms with Crippen LogP contribution >= 0.6 is 0 Å². The number of rotatable bonds is 2. The van der Waals surface area contributed by atoms with Gasteiger partial charge in [0.05, 0.1) is 0 Å². The van der Waals surface area contributed by atoms with E-state index >= 15 is 0 Å². The molecule has 1 saturated heterocycles. The van der Waals surface area contributed by atoms with Crippen LogP contribution in [-0.2, 0) is 4.74 Å². The van der Waals surface area contributed by atoms with Gasteiger partial charge in [-0.1, -0.05) is 0 Å². The molecule has 0 aromatic carbocycles. The first-order valence-electron chi connectivity index (χ1n) is 4.74. The lowest BCUT2D eigenvalue weighted by Gasteiger charge is -2.22. The van der Waals surface area contributed by atoms with Crippen LogP contribution in [0.3, 0.4) is 0 Å². The lowest BCUT2D eigenvalue weighted by Crippen LogP contribution is -2.29. The zero-order chi connectivity index (χ0) is 9.80. The van der Waals surface area contributed by atoms with Crippen molar-refractivity contribution in [3.05, 3.63) is 22.6 Å². The Morgan fingerprint density at radius 2 is 2.29 bits per heavy atom. The van der Waals surface area contributed by atoms with Crippen LogP contribution in [0.2, 0.25) is 0 Å². The molecule has 0 atom stereocenters. The van der Waals surface area contributed by atoms with E-state index in [0.717, 1.165) is 26.1 Å². The smallest absolute Gasteiger partial charge is 0.252 e. The van der Waals surface area contributed by atoms with Crippen LogP contribution in [0.5, 0.6) is 0 Å². The standard InChI is InChI=1S/C9H13N3O2/c13-8-1-4-10-9(12-8)11-7-2-5-14-6-3-7/h1,4,7H,2-3,5-6H2,(H2,10,11,12,13). The minimum Gasteiger partial charge on any atom is -0.381 e. The number of aromatic amines is 1. The lowest BCUT2D eigenvalue weighted by molar-refractivity contribution is 0.0903. The normalized spacial score (nSPS) is 18.0. The van der Waals surface area contributed by atoms with Crippen LogP contribution in [-0.4, -0.2) is 29.2 Å². The summed E-state index contributed by atoms with van der Waals surface area (Å²) in [7, 11) is 0. The van der Waals surface area contributed by atoms with E-state index in [2.05, 4.69) is 15.3 Å². The van der Waals surface area contributed by atoms with E-state index < -0.39 is 0 Å². The molecular weight excluding hydrogens is 182 g/mol. The molecule has 5 nitrogen and oxygen atoms in total. The van der Waals surface area contributed by atoms with Gasteiger partial charge in [-0.3, -0.25) is 9.78 Å². The first kappa shape index (κ1) is 9.21. The summed E-state index contributed by atoms with van der Waals surface area (Å²) >= 11 is 0. The summed E-state index contributed by atoms with van der Waals surface area (Å²) in [5, 5.41) is 3.18. The Hall–Kier alpha value is -1.36. The molecule has 0 bridgehead atoms. The van der Waals surface area contributed by atoms with Crippen molar-refractivity contribution < 1.29 is 4.74 Å². The average molecular weight is 195 g/mol. The van der Waals surface area contributed by atoms with Gasteiger partial charge in [0.25, 0.3) is 5.56 Å². The van der Waals surface area contributed by atoms with E-state index in [4.69, 9.17) is 4.74 Å². The first-order valence-corrected chi connectivity index (χ1v) is 4.74. The van der Waals surface area contributed by atoms with Gasteiger partial charge in [-0.25, -0.2) is 4.98 Å². The third-order valence-electron chi connectivity index (χ3n) is 2.23. The van der Waals surface area contributed by atoms with Crippen molar-refractivity contribution in [1.82, 2.24) is 9.97 Å². The molecule has 2 rings (SSSR count). The highest BCUT2D eigenvalue weighted by molar-refractivity contribution is 5.24. The Balaban J connectivity index is 1.99. The Kier molecular flexibility index (Phi) is 2.78. The van der Waals surface area contributed by atoms with Crippen molar-refractivity contribution >= 4 is 5.95 Å². The van der Waals surface area contributed by atoms with Gasteiger partial charge in [0, 0.05) is 31.5 Å². The molecule has 1 aliphatic rings. The number of aromatic nitrogens is 2. The maximum atomic E-state index is 11.0. The Morgan fingerprint density at radius 3 is 3.00 bits per heavy atom. The summed E-state index contributed by atoms with van der Waals surface area (Å²) in [6.07, 6.45) is 3.41. The number of hydrogen-bond acceptors (Lipinski definition) is 4. The number of H-pyrrole nitrogens is 1. The molecule has 1 aromatic heterocycles. The SMILES string of the molecule is O=c1ccnc(NC2CCOCC2)[nH]1. The first-order chi connectivity index (χ1) is 6.84. The molecule has 1 aliphatic heterocycles. The molecule has 1 fully saturated rings. The van der Waals surface area contributed by atoms with E-state index in [-0.39, 0.29) is 5.56 Å². The molecule has 5 heteroatoms. The summed E-state index contributed by atoms with van der Waals surface area (Å²) in [5.41, 5.74) is -0.130. The molecule has 2 N–H and O–H groups in total. The van der Waals surface area contributed by atoms with Crippen molar-refractivity contribution in [3.63, 3.8) is 0 Å². The molecule has 0 saturated carbocycles. The summed E-state index contributed by atoms with van der Waals surface area (Å²) in [5.74, 6) is 0.546. The van der Waals surface area contributed by atoms with E-state index in [9.17, 15) is 4.79 Å². The summed E-state index contributed by atoms with van der Waals surface area (Å²) < 4.78 is 5.23. The van der Waals surface area contributed by atoms with Crippen molar-refractivity contribution in [2.75, 3.05) is 18.5 Å². The van der Waals surface area contributed by atoms with E-state index in [0.29, 0.717) is 12.0 Å². The number of hydrogen-bond donors (Lipinski definition) is 2. The second kappa shape index (κ2) is 4.23. The predicted molar refractivity (Wildman–Crippen MR) is 52.3 cm³/mol. The minimum atomic E-state index is -0.130. The van der Waals surface area contributed by atoms with Crippen molar-refractivity contribution in [2.45, 2.75) is 18.9 Å². The van der Waals surface area contributed by atoms with Gasteiger partial charge in [0.2, 0.25) is 5.95 Å². The van der Waals surface area contributed by atoms with Crippen LogP contribution in [0.4, 0.5) is 5.95 Å². The second-order valence-corrected chi connectivity index (χ2v) is 3.31. The Labute approximate surface area is 81.5 Å². The Morgan fingerprint density at radius 1 is 1.50 bits per heavy atom. The Bertz CT molecular complexity index is 344. The monoisotopic (exact) mass is 195 g/mol. The predicted octanol–water partition coefficient (Wildman–Crippen LogP) is 0.361. The number of anilines is 1. The quantitative estimate of drug-likeness (QED) is 0.715. The van der Waals surface area contributed by atoms with E-state index in [1.807, 2.05) is 0 Å².